The standard InChI is InChI=1S/C10H5FIN3O3/c11-6-4-13-10(14-5-6)18-9-3-7(15(16)17)1-2-8(9)12/h1-5H. The van der Waals surface area contributed by atoms with E-state index in [0.29, 0.717) is 3.57 Å². The summed E-state index contributed by atoms with van der Waals surface area (Å²) < 4.78 is 18.5. The Morgan fingerprint density at radius 2 is 2.00 bits per heavy atom. The average molecular weight is 361 g/mol. The molecule has 1 aromatic heterocycles. The second-order valence-corrected chi connectivity index (χ2v) is 4.32. The van der Waals surface area contributed by atoms with E-state index < -0.39 is 10.7 Å². The van der Waals surface area contributed by atoms with Gasteiger partial charge in [-0.05, 0) is 28.7 Å². The Hall–Kier alpha value is -1.84. The van der Waals surface area contributed by atoms with Crippen LogP contribution in [0.25, 0.3) is 0 Å². The lowest BCUT2D eigenvalue weighted by Crippen LogP contribution is -1.95. The molecule has 0 bridgehead atoms. The quantitative estimate of drug-likeness (QED) is 0.477. The first-order valence-electron chi connectivity index (χ1n) is 4.65. The number of halogens is 2. The van der Waals surface area contributed by atoms with Crippen molar-refractivity contribution in [2.45, 2.75) is 0 Å². The molecule has 1 aromatic carbocycles. The maximum Gasteiger partial charge on any atom is 0.322 e. The molecule has 0 aliphatic carbocycles. The fourth-order valence-electron chi connectivity index (χ4n) is 1.14. The van der Waals surface area contributed by atoms with Gasteiger partial charge in [0.15, 0.2) is 11.6 Å². The molecule has 8 heteroatoms. The summed E-state index contributed by atoms with van der Waals surface area (Å²) in [6.07, 6.45) is 1.90. The molecule has 0 N–H and O–H groups in total. The molecular weight excluding hydrogens is 356 g/mol. The van der Waals surface area contributed by atoms with Crippen molar-refractivity contribution in [2.75, 3.05) is 0 Å². The number of hydrogen-bond acceptors (Lipinski definition) is 5. The van der Waals surface area contributed by atoms with Crippen LogP contribution < -0.4 is 4.74 Å². The van der Waals surface area contributed by atoms with Gasteiger partial charge in [0.2, 0.25) is 0 Å². The van der Waals surface area contributed by atoms with Crippen LogP contribution in [-0.2, 0) is 0 Å². The van der Waals surface area contributed by atoms with Crippen LogP contribution in [0, 0.1) is 19.5 Å². The zero-order chi connectivity index (χ0) is 13.1. The number of non-ortho nitro benzene ring substituents is 1. The van der Waals surface area contributed by atoms with Crippen molar-refractivity contribution in [1.82, 2.24) is 9.97 Å². The van der Waals surface area contributed by atoms with Crippen molar-refractivity contribution in [2.24, 2.45) is 0 Å². The van der Waals surface area contributed by atoms with Crippen molar-refractivity contribution in [1.29, 1.82) is 0 Å². The van der Waals surface area contributed by atoms with Crippen LogP contribution in [0.4, 0.5) is 10.1 Å². The monoisotopic (exact) mass is 361 g/mol. The molecule has 0 amide bonds. The van der Waals surface area contributed by atoms with Crippen molar-refractivity contribution in [3.05, 3.63) is 50.1 Å². The van der Waals surface area contributed by atoms with Gasteiger partial charge in [-0.15, -0.1) is 0 Å². The van der Waals surface area contributed by atoms with E-state index in [4.69, 9.17) is 4.74 Å². The van der Waals surface area contributed by atoms with E-state index in [1.54, 1.807) is 0 Å². The second kappa shape index (κ2) is 5.21. The van der Waals surface area contributed by atoms with E-state index >= 15 is 0 Å². The van der Waals surface area contributed by atoms with Crippen molar-refractivity contribution in [3.63, 3.8) is 0 Å². The molecule has 0 aliphatic heterocycles. The summed E-state index contributed by atoms with van der Waals surface area (Å²) in [5.74, 6) is -0.340. The van der Waals surface area contributed by atoms with E-state index in [2.05, 4.69) is 9.97 Å². The molecule has 2 aromatic rings. The predicted molar refractivity (Wildman–Crippen MR) is 67.9 cm³/mol. The van der Waals surface area contributed by atoms with Gasteiger partial charge in [-0.2, -0.15) is 0 Å². The summed E-state index contributed by atoms with van der Waals surface area (Å²) in [5, 5.41) is 10.6. The smallest absolute Gasteiger partial charge is 0.322 e. The van der Waals surface area contributed by atoms with Gasteiger partial charge in [-0.25, -0.2) is 14.4 Å². The topological polar surface area (TPSA) is 78.2 Å². The minimum absolute atomic E-state index is 0.0742. The van der Waals surface area contributed by atoms with Gasteiger partial charge in [0.25, 0.3) is 5.69 Å². The highest BCUT2D eigenvalue weighted by Crippen LogP contribution is 2.28. The summed E-state index contributed by atoms with van der Waals surface area (Å²) >= 11 is 1.96. The van der Waals surface area contributed by atoms with Gasteiger partial charge < -0.3 is 4.74 Å². The van der Waals surface area contributed by atoms with Gasteiger partial charge in [0.05, 0.1) is 27.0 Å². The zero-order valence-corrected chi connectivity index (χ0v) is 10.9. The summed E-state index contributed by atoms with van der Waals surface area (Å²) in [7, 11) is 0. The lowest BCUT2D eigenvalue weighted by atomic mass is 10.3. The van der Waals surface area contributed by atoms with Gasteiger partial charge in [-0.3, -0.25) is 10.1 Å². The number of nitro groups is 1. The zero-order valence-electron chi connectivity index (χ0n) is 8.71. The maximum atomic E-state index is 12.6. The number of nitrogens with zero attached hydrogens (tertiary/aromatic N) is 3. The first-order valence-corrected chi connectivity index (χ1v) is 5.73. The highest BCUT2D eigenvalue weighted by Gasteiger charge is 2.12. The van der Waals surface area contributed by atoms with Gasteiger partial charge in [0, 0.05) is 6.07 Å². The molecule has 6 nitrogen and oxygen atoms in total. The normalized spacial score (nSPS) is 10.1. The van der Waals surface area contributed by atoms with Crippen LogP contribution in [0.15, 0.2) is 30.6 Å². The van der Waals surface area contributed by atoms with Crippen molar-refractivity contribution in [3.8, 4) is 11.8 Å². The fourth-order valence-corrected chi connectivity index (χ4v) is 1.58. The molecule has 0 saturated heterocycles. The molecule has 18 heavy (non-hydrogen) atoms. The second-order valence-electron chi connectivity index (χ2n) is 3.16. The number of nitro benzene ring substituents is 1. The summed E-state index contributed by atoms with van der Waals surface area (Å²) in [6.45, 7) is 0. The first kappa shape index (κ1) is 12.6. The van der Waals surface area contributed by atoms with Crippen molar-refractivity contribution >= 4 is 28.3 Å². The molecule has 0 spiro atoms. The Balaban J connectivity index is 2.30. The predicted octanol–water partition coefficient (Wildman–Crippen LogP) is 2.92. The number of rotatable bonds is 3. The summed E-state index contributed by atoms with van der Waals surface area (Å²) in [5.41, 5.74) is -0.104. The fraction of sp³-hybridized carbons (Fsp3) is 0. The van der Waals surface area contributed by atoms with Crippen LogP contribution in [0.3, 0.4) is 0 Å². The molecule has 92 valence electrons. The van der Waals surface area contributed by atoms with E-state index in [1.165, 1.54) is 18.2 Å². The molecule has 0 fully saturated rings. The van der Waals surface area contributed by atoms with E-state index in [-0.39, 0.29) is 17.4 Å². The molecular formula is C10H5FIN3O3. The Morgan fingerprint density at radius 1 is 1.33 bits per heavy atom. The van der Waals surface area contributed by atoms with E-state index in [9.17, 15) is 14.5 Å². The summed E-state index contributed by atoms with van der Waals surface area (Å²) in [6, 6.07) is 4.08. The number of hydrogen-bond donors (Lipinski definition) is 0. The maximum absolute atomic E-state index is 12.6. The van der Waals surface area contributed by atoms with Crippen LogP contribution in [0.5, 0.6) is 11.8 Å². The minimum Gasteiger partial charge on any atom is -0.423 e. The largest absolute Gasteiger partial charge is 0.423 e. The third-order valence-electron chi connectivity index (χ3n) is 1.92. The van der Waals surface area contributed by atoms with Gasteiger partial charge in [-0.1, -0.05) is 0 Å². The highest BCUT2D eigenvalue weighted by atomic mass is 127. The molecule has 0 atom stereocenters. The molecule has 2 rings (SSSR count). The third kappa shape index (κ3) is 2.88. The molecule has 1 heterocycles. The Labute approximate surface area is 114 Å². The van der Waals surface area contributed by atoms with Gasteiger partial charge in [0.1, 0.15) is 0 Å². The summed E-state index contributed by atoms with van der Waals surface area (Å²) in [4.78, 5) is 17.3. The average Bonchev–Trinajstić information content (AvgIpc) is 2.34. The molecule has 0 unspecified atom stereocenters. The minimum atomic E-state index is -0.587. The molecule has 0 saturated carbocycles. The van der Waals surface area contributed by atoms with E-state index in [1.807, 2.05) is 22.6 Å². The van der Waals surface area contributed by atoms with Gasteiger partial charge >= 0.3 is 6.01 Å². The Morgan fingerprint density at radius 3 is 2.61 bits per heavy atom. The molecule has 0 radical (unpaired) electrons. The molecule has 0 aliphatic rings. The van der Waals surface area contributed by atoms with E-state index in [0.717, 1.165) is 12.4 Å². The third-order valence-corrected chi connectivity index (χ3v) is 2.81. The number of ether oxygens (including phenoxy) is 1. The van der Waals surface area contributed by atoms with Crippen LogP contribution >= 0.6 is 22.6 Å². The Bertz CT molecular complexity index is 591. The van der Waals surface area contributed by atoms with Crippen LogP contribution in [0.1, 0.15) is 0 Å². The lowest BCUT2D eigenvalue weighted by Gasteiger charge is -2.05. The number of aromatic nitrogens is 2. The van der Waals surface area contributed by atoms with Crippen molar-refractivity contribution < 1.29 is 14.1 Å². The number of benzene rings is 1. The van der Waals surface area contributed by atoms with Crippen LogP contribution in [0.2, 0.25) is 0 Å². The lowest BCUT2D eigenvalue weighted by molar-refractivity contribution is -0.384. The Kier molecular flexibility index (Phi) is 3.65. The van der Waals surface area contributed by atoms with Crippen LogP contribution in [-0.4, -0.2) is 14.9 Å². The SMILES string of the molecule is O=[N+]([O-])c1ccc(I)c(Oc2ncc(F)cn2)c1. The first-order chi connectivity index (χ1) is 8.56. The highest BCUT2D eigenvalue weighted by molar-refractivity contribution is 14.1.